The zero-order valence-electron chi connectivity index (χ0n) is 11.9. The monoisotopic (exact) mass is 313 g/mol. The Labute approximate surface area is 133 Å². The van der Waals surface area contributed by atoms with Crippen molar-refractivity contribution in [3.63, 3.8) is 0 Å². The molecular formula is C16H15N3O2S. The predicted octanol–water partition coefficient (Wildman–Crippen LogP) is 1.94. The molecule has 0 saturated carbocycles. The SMILES string of the molecule is Cc1ccccc1C(=O)NC(=S)NNC(=O)c1ccccc1. The Kier molecular flexibility index (Phi) is 5.21. The number of hydrazine groups is 1. The largest absolute Gasteiger partial charge is 0.298 e. The van der Waals surface area contributed by atoms with E-state index in [1.807, 2.05) is 25.1 Å². The highest BCUT2D eigenvalue weighted by Crippen LogP contribution is 2.06. The van der Waals surface area contributed by atoms with Gasteiger partial charge in [-0.15, -0.1) is 0 Å². The molecule has 6 heteroatoms. The van der Waals surface area contributed by atoms with Crippen molar-refractivity contribution < 1.29 is 9.59 Å². The van der Waals surface area contributed by atoms with Crippen molar-refractivity contribution in [2.45, 2.75) is 6.92 Å². The number of nitrogens with one attached hydrogen (secondary N) is 3. The second-order valence-corrected chi connectivity index (χ2v) is 4.95. The van der Waals surface area contributed by atoms with Crippen LogP contribution >= 0.6 is 12.2 Å². The number of thiocarbonyl (C=S) groups is 1. The summed E-state index contributed by atoms with van der Waals surface area (Å²) in [4.78, 5) is 23.9. The Bertz CT molecular complexity index is 702. The lowest BCUT2D eigenvalue weighted by molar-refractivity contribution is 0.0934. The Morgan fingerprint density at radius 3 is 2.18 bits per heavy atom. The van der Waals surface area contributed by atoms with Crippen molar-refractivity contribution in [1.82, 2.24) is 16.2 Å². The highest BCUT2D eigenvalue weighted by Gasteiger charge is 2.10. The Morgan fingerprint density at radius 2 is 1.50 bits per heavy atom. The van der Waals surface area contributed by atoms with Crippen molar-refractivity contribution in [3.05, 3.63) is 71.3 Å². The van der Waals surface area contributed by atoms with Gasteiger partial charge in [-0.25, -0.2) is 0 Å². The third-order valence-electron chi connectivity index (χ3n) is 2.94. The van der Waals surface area contributed by atoms with Gasteiger partial charge in [-0.3, -0.25) is 25.8 Å². The quantitative estimate of drug-likeness (QED) is 0.585. The lowest BCUT2D eigenvalue weighted by atomic mass is 10.1. The van der Waals surface area contributed by atoms with Gasteiger partial charge in [-0.2, -0.15) is 0 Å². The van der Waals surface area contributed by atoms with Gasteiger partial charge in [0.25, 0.3) is 11.8 Å². The zero-order chi connectivity index (χ0) is 15.9. The molecular weight excluding hydrogens is 298 g/mol. The lowest BCUT2D eigenvalue weighted by Gasteiger charge is -2.11. The van der Waals surface area contributed by atoms with Crippen LogP contribution < -0.4 is 16.2 Å². The molecule has 112 valence electrons. The summed E-state index contributed by atoms with van der Waals surface area (Å²) in [7, 11) is 0. The van der Waals surface area contributed by atoms with Crippen LogP contribution in [0.1, 0.15) is 26.3 Å². The normalized spacial score (nSPS) is 9.68. The summed E-state index contributed by atoms with van der Waals surface area (Å²) >= 11 is 4.98. The molecule has 2 rings (SSSR count). The second kappa shape index (κ2) is 7.33. The molecule has 0 aromatic heterocycles. The molecule has 0 unspecified atom stereocenters. The lowest BCUT2D eigenvalue weighted by Crippen LogP contribution is -2.48. The van der Waals surface area contributed by atoms with Gasteiger partial charge in [0.2, 0.25) is 0 Å². The first-order chi connectivity index (χ1) is 10.6. The van der Waals surface area contributed by atoms with Crippen LogP contribution in [0.5, 0.6) is 0 Å². The van der Waals surface area contributed by atoms with Gasteiger partial charge in [0.05, 0.1) is 0 Å². The summed E-state index contributed by atoms with van der Waals surface area (Å²) < 4.78 is 0. The van der Waals surface area contributed by atoms with Gasteiger partial charge in [0.1, 0.15) is 0 Å². The Hall–Kier alpha value is -2.73. The van der Waals surface area contributed by atoms with E-state index in [-0.39, 0.29) is 16.9 Å². The molecule has 0 aliphatic heterocycles. The van der Waals surface area contributed by atoms with E-state index < -0.39 is 0 Å². The van der Waals surface area contributed by atoms with E-state index in [0.29, 0.717) is 11.1 Å². The van der Waals surface area contributed by atoms with E-state index in [1.54, 1.807) is 36.4 Å². The van der Waals surface area contributed by atoms with Crippen molar-refractivity contribution in [2.75, 3.05) is 0 Å². The van der Waals surface area contributed by atoms with E-state index in [0.717, 1.165) is 5.56 Å². The third kappa shape index (κ3) is 4.13. The number of amides is 2. The first-order valence-electron chi connectivity index (χ1n) is 6.60. The first-order valence-corrected chi connectivity index (χ1v) is 7.01. The van der Waals surface area contributed by atoms with E-state index in [4.69, 9.17) is 12.2 Å². The maximum atomic E-state index is 12.0. The number of aryl methyl sites for hydroxylation is 1. The number of hydrogen-bond acceptors (Lipinski definition) is 3. The van der Waals surface area contributed by atoms with Crippen LogP contribution in [-0.2, 0) is 0 Å². The number of benzene rings is 2. The molecule has 3 N–H and O–H groups in total. The summed E-state index contributed by atoms with van der Waals surface area (Å²) in [5.41, 5.74) is 6.79. The zero-order valence-corrected chi connectivity index (χ0v) is 12.7. The van der Waals surface area contributed by atoms with Gasteiger partial charge < -0.3 is 0 Å². The van der Waals surface area contributed by atoms with Gasteiger partial charge in [0, 0.05) is 11.1 Å². The molecule has 22 heavy (non-hydrogen) atoms. The molecule has 0 atom stereocenters. The summed E-state index contributed by atoms with van der Waals surface area (Å²) in [6.07, 6.45) is 0. The van der Waals surface area contributed by atoms with E-state index in [2.05, 4.69) is 16.2 Å². The van der Waals surface area contributed by atoms with Crippen LogP contribution in [0, 0.1) is 6.92 Å². The topological polar surface area (TPSA) is 70.2 Å². The summed E-state index contributed by atoms with van der Waals surface area (Å²) in [6.45, 7) is 1.84. The maximum Gasteiger partial charge on any atom is 0.269 e. The van der Waals surface area contributed by atoms with Gasteiger partial charge in [0.15, 0.2) is 5.11 Å². The fraction of sp³-hybridized carbons (Fsp3) is 0.0625. The second-order valence-electron chi connectivity index (χ2n) is 4.54. The minimum absolute atomic E-state index is 0.0255. The third-order valence-corrected chi connectivity index (χ3v) is 3.15. The standard InChI is InChI=1S/C16H15N3O2S/c1-11-7-5-6-10-13(11)15(21)17-16(22)19-18-14(20)12-8-3-2-4-9-12/h2-10H,1H3,(H,18,20)(H2,17,19,21,22). The maximum absolute atomic E-state index is 12.0. The molecule has 2 amide bonds. The Balaban J connectivity index is 1.87. The number of carbonyl (C=O) groups excluding carboxylic acids is 2. The van der Waals surface area contributed by atoms with E-state index >= 15 is 0 Å². The van der Waals surface area contributed by atoms with Gasteiger partial charge >= 0.3 is 0 Å². The molecule has 2 aromatic carbocycles. The molecule has 0 bridgehead atoms. The minimum Gasteiger partial charge on any atom is -0.298 e. The van der Waals surface area contributed by atoms with Crippen LogP contribution in [0.2, 0.25) is 0 Å². The average Bonchev–Trinajstić information content (AvgIpc) is 2.53. The molecule has 0 aliphatic rings. The van der Waals surface area contributed by atoms with Crippen LogP contribution in [0.3, 0.4) is 0 Å². The highest BCUT2D eigenvalue weighted by molar-refractivity contribution is 7.80. The van der Waals surface area contributed by atoms with E-state index in [9.17, 15) is 9.59 Å². The molecule has 0 spiro atoms. The first kappa shape index (κ1) is 15.7. The van der Waals surface area contributed by atoms with Crippen LogP contribution in [-0.4, -0.2) is 16.9 Å². The predicted molar refractivity (Wildman–Crippen MR) is 88.3 cm³/mol. The number of rotatable bonds is 2. The smallest absolute Gasteiger partial charge is 0.269 e. The average molecular weight is 313 g/mol. The molecule has 0 radical (unpaired) electrons. The number of hydrogen-bond donors (Lipinski definition) is 3. The highest BCUT2D eigenvalue weighted by atomic mass is 32.1. The van der Waals surface area contributed by atoms with Gasteiger partial charge in [-0.05, 0) is 42.9 Å². The Morgan fingerprint density at radius 1 is 0.864 bits per heavy atom. The van der Waals surface area contributed by atoms with Crippen LogP contribution in [0.15, 0.2) is 54.6 Å². The molecule has 2 aromatic rings. The van der Waals surface area contributed by atoms with E-state index in [1.165, 1.54) is 0 Å². The van der Waals surface area contributed by atoms with Crippen molar-refractivity contribution >= 4 is 29.1 Å². The number of carbonyl (C=O) groups is 2. The molecule has 5 nitrogen and oxygen atoms in total. The molecule has 0 heterocycles. The van der Waals surface area contributed by atoms with Crippen molar-refractivity contribution in [3.8, 4) is 0 Å². The fourth-order valence-electron chi connectivity index (χ4n) is 1.80. The van der Waals surface area contributed by atoms with Crippen LogP contribution in [0.4, 0.5) is 0 Å². The fourth-order valence-corrected chi connectivity index (χ4v) is 1.95. The molecule has 0 fully saturated rings. The molecule has 0 saturated heterocycles. The summed E-state index contributed by atoms with van der Waals surface area (Å²) in [5, 5.41) is 2.54. The van der Waals surface area contributed by atoms with Crippen LogP contribution in [0.25, 0.3) is 0 Å². The summed E-state index contributed by atoms with van der Waals surface area (Å²) in [5.74, 6) is -0.669. The van der Waals surface area contributed by atoms with Crippen molar-refractivity contribution in [2.24, 2.45) is 0 Å². The summed E-state index contributed by atoms with van der Waals surface area (Å²) in [6, 6.07) is 15.8. The molecule has 0 aliphatic carbocycles. The minimum atomic E-state index is -0.340. The van der Waals surface area contributed by atoms with Crippen molar-refractivity contribution in [1.29, 1.82) is 0 Å². The van der Waals surface area contributed by atoms with Gasteiger partial charge in [-0.1, -0.05) is 36.4 Å².